The van der Waals surface area contributed by atoms with Gasteiger partial charge in [-0.2, -0.15) is 0 Å². The Kier molecular flexibility index (Phi) is 8.43. The van der Waals surface area contributed by atoms with Crippen LogP contribution >= 0.6 is 22.7 Å². The lowest BCUT2D eigenvalue weighted by molar-refractivity contribution is -0.139. The van der Waals surface area contributed by atoms with Gasteiger partial charge in [0.2, 0.25) is 0 Å². The maximum atomic E-state index is 13.6. The number of benzene rings is 1. The zero-order valence-corrected chi connectivity index (χ0v) is 22.5. The Morgan fingerprint density at radius 2 is 2.03 bits per heavy atom. The van der Waals surface area contributed by atoms with Crippen LogP contribution in [0.1, 0.15) is 56.5 Å². The van der Waals surface area contributed by atoms with E-state index in [0.29, 0.717) is 38.7 Å². The van der Waals surface area contributed by atoms with Crippen LogP contribution in [0.15, 0.2) is 56.8 Å². The summed E-state index contributed by atoms with van der Waals surface area (Å²) in [5, 5.41) is 1.93. The third-order valence-corrected chi connectivity index (χ3v) is 7.73. The van der Waals surface area contributed by atoms with Gasteiger partial charge < -0.3 is 14.2 Å². The highest BCUT2D eigenvalue weighted by atomic mass is 32.1. The molecule has 1 unspecified atom stereocenters. The van der Waals surface area contributed by atoms with Gasteiger partial charge in [-0.15, -0.1) is 11.3 Å². The SMILES string of the molecule is CCCCCOc1ccc(C=c2sc3n(c2=O)C(c2cccs2)C(C(=O)OCC)=C(C)N=3)cc1OC. The number of nitrogens with zero attached hydrogens (tertiary/aromatic N) is 2. The standard InChI is InChI=1S/C27H30N2O5S2/c1-5-7-8-13-34-19-12-11-18(15-20(19)32-4)16-22-25(30)29-24(21-10-9-14-35-21)23(26(31)33-6-2)17(3)28-27(29)36-22/h9-12,14-16,24H,5-8,13H2,1-4H3. The topological polar surface area (TPSA) is 79.1 Å². The number of thiazole rings is 1. The number of ether oxygens (including phenoxy) is 3. The number of hydrogen-bond acceptors (Lipinski definition) is 8. The molecule has 0 bridgehead atoms. The lowest BCUT2D eigenvalue weighted by atomic mass is 10.0. The van der Waals surface area contributed by atoms with Gasteiger partial charge in [-0.1, -0.05) is 43.2 Å². The molecule has 0 fully saturated rings. The van der Waals surface area contributed by atoms with E-state index in [-0.39, 0.29) is 12.2 Å². The van der Waals surface area contributed by atoms with Crippen molar-refractivity contribution in [2.45, 2.75) is 46.1 Å². The number of aromatic nitrogens is 1. The first kappa shape index (κ1) is 25.9. The zero-order chi connectivity index (χ0) is 25.7. The van der Waals surface area contributed by atoms with Crippen LogP contribution in [-0.4, -0.2) is 30.9 Å². The fourth-order valence-electron chi connectivity index (χ4n) is 4.09. The molecule has 0 spiro atoms. The van der Waals surface area contributed by atoms with E-state index in [9.17, 15) is 9.59 Å². The third kappa shape index (κ3) is 5.32. The van der Waals surface area contributed by atoms with Crippen molar-refractivity contribution < 1.29 is 19.0 Å². The van der Waals surface area contributed by atoms with E-state index in [0.717, 1.165) is 29.7 Å². The van der Waals surface area contributed by atoms with E-state index < -0.39 is 12.0 Å². The number of esters is 1. The van der Waals surface area contributed by atoms with Crippen molar-refractivity contribution in [2.75, 3.05) is 20.3 Å². The van der Waals surface area contributed by atoms with Crippen molar-refractivity contribution in [3.8, 4) is 11.5 Å². The Hall–Kier alpha value is -3.17. The number of allylic oxidation sites excluding steroid dienone is 1. The van der Waals surface area contributed by atoms with Crippen LogP contribution < -0.4 is 24.4 Å². The summed E-state index contributed by atoms with van der Waals surface area (Å²) in [6, 6.07) is 8.89. The molecule has 2 aromatic heterocycles. The maximum absolute atomic E-state index is 13.6. The largest absolute Gasteiger partial charge is 0.493 e. The molecule has 4 rings (SSSR count). The van der Waals surface area contributed by atoms with E-state index in [2.05, 4.69) is 11.9 Å². The summed E-state index contributed by atoms with van der Waals surface area (Å²) in [6.45, 7) is 6.58. The molecule has 3 aromatic rings. The summed E-state index contributed by atoms with van der Waals surface area (Å²) in [4.78, 5) is 32.5. The van der Waals surface area contributed by atoms with Crippen molar-refractivity contribution in [1.29, 1.82) is 0 Å². The van der Waals surface area contributed by atoms with Crippen molar-refractivity contribution in [2.24, 2.45) is 4.99 Å². The highest BCUT2D eigenvalue weighted by Gasteiger charge is 2.33. The number of thiophene rings is 1. The van der Waals surface area contributed by atoms with Crippen LogP contribution in [0.25, 0.3) is 6.08 Å². The average Bonchev–Trinajstić information content (AvgIpc) is 3.50. The number of carbonyl (C=O) groups is 1. The van der Waals surface area contributed by atoms with E-state index in [4.69, 9.17) is 14.2 Å². The Morgan fingerprint density at radius 1 is 1.19 bits per heavy atom. The van der Waals surface area contributed by atoms with Crippen molar-refractivity contribution >= 4 is 34.7 Å². The van der Waals surface area contributed by atoms with E-state index in [1.165, 1.54) is 22.7 Å². The summed E-state index contributed by atoms with van der Waals surface area (Å²) in [5.74, 6) is 0.843. The molecule has 1 aliphatic rings. The van der Waals surface area contributed by atoms with E-state index >= 15 is 0 Å². The number of rotatable bonds is 10. The molecule has 3 heterocycles. The summed E-state index contributed by atoms with van der Waals surface area (Å²) in [5.41, 5.74) is 1.56. The molecule has 0 radical (unpaired) electrons. The molecular weight excluding hydrogens is 496 g/mol. The first-order valence-corrected chi connectivity index (χ1v) is 13.7. The van der Waals surface area contributed by atoms with Crippen LogP contribution in [-0.2, 0) is 9.53 Å². The van der Waals surface area contributed by atoms with E-state index in [1.54, 1.807) is 25.5 Å². The quantitative estimate of drug-likeness (QED) is 0.288. The molecule has 0 N–H and O–H groups in total. The zero-order valence-electron chi connectivity index (χ0n) is 20.9. The lowest BCUT2D eigenvalue weighted by Crippen LogP contribution is -2.39. The van der Waals surface area contributed by atoms with Crippen molar-refractivity contribution in [3.63, 3.8) is 0 Å². The van der Waals surface area contributed by atoms with Gasteiger partial charge in [-0.3, -0.25) is 9.36 Å². The Balaban J connectivity index is 1.75. The summed E-state index contributed by atoms with van der Waals surface area (Å²) in [6.07, 6.45) is 5.05. The molecule has 1 aromatic carbocycles. The summed E-state index contributed by atoms with van der Waals surface area (Å²) >= 11 is 2.79. The van der Waals surface area contributed by atoms with Gasteiger partial charge in [0.1, 0.15) is 6.04 Å². The van der Waals surface area contributed by atoms with E-state index in [1.807, 2.05) is 41.8 Å². The Bertz CT molecular complexity index is 1430. The molecule has 1 aliphatic heterocycles. The molecule has 0 saturated carbocycles. The number of fused-ring (bicyclic) bond motifs is 1. The maximum Gasteiger partial charge on any atom is 0.338 e. The van der Waals surface area contributed by atoms with Gasteiger partial charge in [-0.25, -0.2) is 9.79 Å². The highest BCUT2D eigenvalue weighted by molar-refractivity contribution is 7.10. The summed E-state index contributed by atoms with van der Waals surface area (Å²) < 4.78 is 18.9. The molecule has 9 heteroatoms. The number of hydrogen-bond donors (Lipinski definition) is 0. The summed E-state index contributed by atoms with van der Waals surface area (Å²) in [7, 11) is 1.60. The van der Waals surface area contributed by atoms with Gasteiger partial charge in [0, 0.05) is 4.88 Å². The fraction of sp³-hybridized carbons (Fsp3) is 0.370. The molecular formula is C27H30N2O5S2. The molecule has 0 aliphatic carbocycles. The monoisotopic (exact) mass is 526 g/mol. The van der Waals surface area contributed by atoms with Crippen LogP contribution in [0, 0.1) is 0 Å². The second-order valence-corrected chi connectivity index (χ2v) is 10.3. The Morgan fingerprint density at radius 3 is 2.72 bits per heavy atom. The molecule has 0 saturated heterocycles. The molecule has 36 heavy (non-hydrogen) atoms. The number of methoxy groups -OCH3 is 1. The smallest absolute Gasteiger partial charge is 0.338 e. The predicted octanol–water partition coefficient (Wildman–Crippen LogP) is 4.44. The fourth-order valence-corrected chi connectivity index (χ4v) is 5.96. The Labute approximate surface area is 218 Å². The molecule has 0 amide bonds. The lowest BCUT2D eigenvalue weighted by Gasteiger charge is -2.23. The van der Waals surface area contributed by atoms with Crippen LogP contribution in [0.5, 0.6) is 11.5 Å². The van der Waals surface area contributed by atoms with Crippen LogP contribution in [0.4, 0.5) is 0 Å². The van der Waals surface area contributed by atoms with Crippen molar-refractivity contribution in [3.05, 3.63) is 77.1 Å². The van der Waals surface area contributed by atoms with Gasteiger partial charge in [0.25, 0.3) is 5.56 Å². The minimum atomic E-state index is -0.573. The minimum Gasteiger partial charge on any atom is -0.493 e. The van der Waals surface area contributed by atoms with Gasteiger partial charge in [-0.05, 0) is 55.5 Å². The van der Waals surface area contributed by atoms with Crippen molar-refractivity contribution in [1.82, 2.24) is 4.57 Å². The normalized spacial score (nSPS) is 15.4. The molecule has 7 nitrogen and oxygen atoms in total. The first-order chi connectivity index (χ1) is 17.5. The number of carbonyl (C=O) groups excluding carboxylic acids is 1. The minimum absolute atomic E-state index is 0.203. The van der Waals surface area contributed by atoms with Crippen LogP contribution in [0.2, 0.25) is 0 Å². The molecule has 1 atom stereocenters. The second kappa shape index (κ2) is 11.7. The highest BCUT2D eigenvalue weighted by Crippen LogP contribution is 2.33. The predicted molar refractivity (Wildman–Crippen MR) is 143 cm³/mol. The first-order valence-electron chi connectivity index (χ1n) is 12.0. The second-order valence-electron chi connectivity index (χ2n) is 8.28. The third-order valence-electron chi connectivity index (χ3n) is 5.82. The van der Waals surface area contributed by atoms with Gasteiger partial charge in [0.15, 0.2) is 16.3 Å². The van der Waals surface area contributed by atoms with Gasteiger partial charge >= 0.3 is 5.97 Å². The molecule has 190 valence electrons. The number of unbranched alkanes of at least 4 members (excludes halogenated alkanes) is 2. The van der Waals surface area contributed by atoms with Gasteiger partial charge in [0.05, 0.1) is 36.1 Å². The van der Waals surface area contributed by atoms with Crippen LogP contribution in [0.3, 0.4) is 0 Å². The average molecular weight is 527 g/mol.